The van der Waals surface area contributed by atoms with Gasteiger partial charge in [-0.05, 0) is 30.9 Å². The molecule has 0 saturated carbocycles. The third-order valence-electron chi connectivity index (χ3n) is 2.32. The molecular weight excluding hydrogens is 196 g/mol. The molecule has 0 bridgehead atoms. The Bertz CT molecular complexity index is 260. The zero-order valence-electron chi connectivity index (χ0n) is 8.38. The molecule has 0 radical (unpaired) electrons. The maximum Gasteiger partial charge on any atom is 0.118 e. The van der Waals surface area contributed by atoms with Crippen molar-refractivity contribution in [2.24, 2.45) is 0 Å². The number of aromatic hydroxyl groups is 1. The van der Waals surface area contributed by atoms with Gasteiger partial charge in [0.15, 0.2) is 0 Å². The molecule has 0 aliphatic carbocycles. The predicted molar refractivity (Wildman–Crippen MR) is 61.0 cm³/mol. The highest BCUT2D eigenvalue weighted by Crippen LogP contribution is 2.18. The Balaban J connectivity index is 2.21. The summed E-state index contributed by atoms with van der Waals surface area (Å²) in [6.07, 6.45) is 5.59. The third kappa shape index (κ3) is 4.01. The lowest BCUT2D eigenvalue weighted by molar-refractivity contribution is 0.466. The maximum atomic E-state index is 9.49. The fourth-order valence-corrected chi connectivity index (χ4v) is 1.67. The lowest BCUT2D eigenvalue weighted by Crippen LogP contribution is -1.87. The second-order valence-corrected chi connectivity index (χ2v) is 3.86. The first-order valence-corrected chi connectivity index (χ1v) is 5.71. The summed E-state index contributed by atoms with van der Waals surface area (Å²) < 4.78 is 0. The number of rotatable bonds is 6. The highest BCUT2D eigenvalue weighted by molar-refractivity contribution is 6.17. The molecule has 0 amide bonds. The molecule has 0 aliphatic heterocycles. The molecule has 0 heterocycles. The standard InChI is InChI=1S/C12H17ClO/c13-10-6-2-1-3-7-11-8-4-5-9-12(11)14/h4-5,8-9,14H,1-3,6-7,10H2. The Hall–Kier alpha value is -0.690. The Kier molecular flexibility index (Phi) is 5.46. The summed E-state index contributed by atoms with van der Waals surface area (Å²) in [4.78, 5) is 0. The van der Waals surface area contributed by atoms with Gasteiger partial charge >= 0.3 is 0 Å². The van der Waals surface area contributed by atoms with Crippen molar-refractivity contribution in [3.8, 4) is 5.75 Å². The lowest BCUT2D eigenvalue weighted by Gasteiger charge is -2.03. The van der Waals surface area contributed by atoms with E-state index in [0.717, 1.165) is 30.7 Å². The molecule has 0 spiro atoms. The van der Waals surface area contributed by atoms with Gasteiger partial charge in [-0.25, -0.2) is 0 Å². The number of hydrogen-bond donors (Lipinski definition) is 1. The van der Waals surface area contributed by atoms with Crippen LogP contribution in [0, 0.1) is 0 Å². The summed E-state index contributed by atoms with van der Waals surface area (Å²) in [6, 6.07) is 7.55. The van der Waals surface area contributed by atoms with Crippen LogP contribution in [0.3, 0.4) is 0 Å². The van der Waals surface area contributed by atoms with Crippen molar-refractivity contribution in [2.75, 3.05) is 5.88 Å². The molecule has 14 heavy (non-hydrogen) atoms. The smallest absolute Gasteiger partial charge is 0.118 e. The van der Waals surface area contributed by atoms with Crippen LogP contribution in [-0.2, 0) is 6.42 Å². The molecule has 0 aromatic heterocycles. The molecular formula is C12H17ClO. The second-order valence-electron chi connectivity index (χ2n) is 3.48. The van der Waals surface area contributed by atoms with Gasteiger partial charge in [0.05, 0.1) is 0 Å². The molecule has 1 aromatic carbocycles. The van der Waals surface area contributed by atoms with Gasteiger partial charge in [-0.15, -0.1) is 11.6 Å². The molecule has 1 rings (SSSR count). The van der Waals surface area contributed by atoms with E-state index in [1.54, 1.807) is 6.07 Å². The Morgan fingerprint density at radius 2 is 1.71 bits per heavy atom. The van der Waals surface area contributed by atoms with Crippen LogP contribution in [0.2, 0.25) is 0 Å². The molecule has 1 N–H and O–H groups in total. The van der Waals surface area contributed by atoms with Crippen molar-refractivity contribution < 1.29 is 5.11 Å². The summed E-state index contributed by atoms with van der Waals surface area (Å²) >= 11 is 5.58. The number of aryl methyl sites for hydroxylation is 1. The van der Waals surface area contributed by atoms with Crippen molar-refractivity contribution in [3.63, 3.8) is 0 Å². The normalized spacial score (nSPS) is 10.4. The van der Waals surface area contributed by atoms with E-state index in [1.807, 2.05) is 18.2 Å². The maximum absolute atomic E-state index is 9.49. The number of halogens is 1. The second kappa shape index (κ2) is 6.72. The summed E-state index contributed by atoms with van der Waals surface area (Å²) in [7, 11) is 0. The van der Waals surface area contributed by atoms with E-state index in [9.17, 15) is 5.11 Å². The third-order valence-corrected chi connectivity index (χ3v) is 2.59. The monoisotopic (exact) mass is 212 g/mol. The SMILES string of the molecule is Oc1ccccc1CCCCCCCl. The Labute approximate surface area is 90.7 Å². The van der Waals surface area contributed by atoms with Crippen molar-refractivity contribution in [1.29, 1.82) is 0 Å². The van der Waals surface area contributed by atoms with Crippen LogP contribution in [0.25, 0.3) is 0 Å². The number of unbranched alkanes of at least 4 members (excludes halogenated alkanes) is 3. The van der Waals surface area contributed by atoms with Gasteiger partial charge in [-0.2, -0.15) is 0 Å². The van der Waals surface area contributed by atoms with E-state index in [4.69, 9.17) is 11.6 Å². The van der Waals surface area contributed by atoms with Gasteiger partial charge in [0.2, 0.25) is 0 Å². The Morgan fingerprint density at radius 3 is 2.43 bits per heavy atom. The van der Waals surface area contributed by atoms with Gasteiger partial charge in [-0.3, -0.25) is 0 Å². The van der Waals surface area contributed by atoms with E-state index in [-0.39, 0.29) is 0 Å². The predicted octanol–water partition coefficient (Wildman–Crippen LogP) is 3.73. The van der Waals surface area contributed by atoms with Crippen LogP contribution >= 0.6 is 11.6 Å². The first kappa shape index (κ1) is 11.4. The first-order valence-electron chi connectivity index (χ1n) is 5.17. The average Bonchev–Trinajstić information content (AvgIpc) is 2.20. The molecule has 1 nitrogen and oxygen atoms in total. The van der Waals surface area contributed by atoms with E-state index in [0.29, 0.717) is 5.75 Å². The minimum Gasteiger partial charge on any atom is -0.508 e. The molecule has 0 saturated heterocycles. The Morgan fingerprint density at radius 1 is 1.00 bits per heavy atom. The largest absolute Gasteiger partial charge is 0.508 e. The lowest BCUT2D eigenvalue weighted by atomic mass is 10.1. The zero-order valence-corrected chi connectivity index (χ0v) is 9.13. The van der Waals surface area contributed by atoms with Gasteiger partial charge in [0.25, 0.3) is 0 Å². The molecule has 0 aliphatic rings. The summed E-state index contributed by atoms with van der Waals surface area (Å²) in [5.41, 5.74) is 1.05. The van der Waals surface area contributed by atoms with Gasteiger partial charge in [-0.1, -0.05) is 31.0 Å². The van der Waals surface area contributed by atoms with Crippen molar-refractivity contribution in [2.45, 2.75) is 32.1 Å². The number of alkyl halides is 1. The van der Waals surface area contributed by atoms with E-state index in [2.05, 4.69) is 0 Å². The van der Waals surface area contributed by atoms with Crippen LogP contribution in [0.15, 0.2) is 24.3 Å². The highest BCUT2D eigenvalue weighted by atomic mass is 35.5. The fourth-order valence-electron chi connectivity index (χ4n) is 1.49. The van der Waals surface area contributed by atoms with E-state index >= 15 is 0 Å². The number of benzene rings is 1. The van der Waals surface area contributed by atoms with Crippen LogP contribution in [-0.4, -0.2) is 11.0 Å². The quantitative estimate of drug-likeness (QED) is 0.563. The van der Waals surface area contributed by atoms with Crippen molar-refractivity contribution in [1.82, 2.24) is 0 Å². The zero-order chi connectivity index (χ0) is 10.2. The van der Waals surface area contributed by atoms with Crippen molar-refractivity contribution in [3.05, 3.63) is 29.8 Å². The van der Waals surface area contributed by atoms with Crippen LogP contribution in [0.4, 0.5) is 0 Å². The molecule has 0 atom stereocenters. The number of hydrogen-bond acceptors (Lipinski definition) is 1. The molecule has 0 fully saturated rings. The molecule has 2 heteroatoms. The molecule has 1 aromatic rings. The summed E-state index contributed by atoms with van der Waals surface area (Å²) in [5.74, 6) is 1.18. The van der Waals surface area contributed by atoms with Crippen molar-refractivity contribution >= 4 is 11.6 Å². The number of phenols is 1. The van der Waals surface area contributed by atoms with Gasteiger partial charge < -0.3 is 5.11 Å². The van der Waals surface area contributed by atoms with Crippen LogP contribution < -0.4 is 0 Å². The topological polar surface area (TPSA) is 20.2 Å². The van der Waals surface area contributed by atoms with Crippen LogP contribution in [0.5, 0.6) is 5.75 Å². The van der Waals surface area contributed by atoms with Gasteiger partial charge in [0, 0.05) is 5.88 Å². The highest BCUT2D eigenvalue weighted by Gasteiger charge is 1.98. The molecule has 0 unspecified atom stereocenters. The van der Waals surface area contributed by atoms with Crippen LogP contribution in [0.1, 0.15) is 31.2 Å². The average molecular weight is 213 g/mol. The fraction of sp³-hybridized carbons (Fsp3) is 0.500. The van der Waals surface area contributed by atoms with Gasteiger partial charge in [0.1, 0.15) is 5.75 Å². The minimum absolute atomic E-state index is 0.421. The minimum atomic E-state index is 0.421. The summed E-state index contributed by atoms with van der Waals surface area (Å²) in [5, 5.41) is 9.49. The van der Waals surface area contributed by atoms with E-state index in [1.165, 1.54) is 12.8 Å². The first-order chi connectivity index (χ1) is 6.84. The summed E-state index contributed by atoms with van der Waals surface area (Å²) in [6.45, 7) is 0. The molecule has 78 valence electrons. The van der Waals surface area contributed by atoms with E-state index < -0.39 is 0 Å². The number of para-hydroxylation sites is 1. The number of phenolic OH excluding ortho intramolecular Hbond substituents is 1.